The molecule has 0 aromatic heterocycles. The third kappa shape index (κ3) is 4.66. The molecular formula is C24H22ClN3O5. The molecular weight excluding hydrogens is 446 g/mol. The van der Waals surface area contributed by atoms with E-state index in [2.05, 4.69) is 10.6 Å². The molecule has 0 radical (unpaired) electrons. The van der Waals surface area contributed by atoms with Gasteiger partial charge in [0, 0.05) is 23.7 Å². The number of benzene rings is 2. The Bertz CT molecular complexity index is 1190. The van der Waals surface area contributed by atoms with E-state index in [0.29, 0.717) is 10.6 Å². The van der Waals surface area contributed by atoms with Crippen LogP contribution < -0.4 is 10.6 Å². The summed E-state index contributed by atoms with van der Waals surface area (Å²) in [5.41, 5.74) is 2.73. The zero-order chi connectivity index (χ0) is 23.7. The molecule has 3 amide bonds. The van der Waals surface area contributed by atoms with Crippen LogP contribution in [0.25, 0.3) is 0 Å². The lowest BCUT2D eigenvalue weighted by molar-refractivity contribution is -0.132. The van der Waals surface area contributed by atoms with Crippen molar-refractivity contribution < 1.29 is 24.0 Å². The maximum atomic E-state index is 12.9. The lowest BCUT2D eigenvalue weighted by Crippen LogP contribution is -2.47. The molecule has 0 bridgehead atoms. The molecule has 1 unspecified atom stereocenters. The molecule has 1 aliphatic heterocycles. The predicted molar refractivity (Wildman–Crippen MR) is 121 cm³/mol. The van der Waals surface area contributed by atoms with Gasteiger partial charge in [-0.05, 0) is 48.7 Å². The minimum Gasteiger partial charge on any atom is -0.376 e. The standard InChI is InChI=1S/C24H22ClN3O5/c1-13-2-4-15(9-19(13)25)26-12-22(31)27-11-14-3-6-17-18(8-14)24(33)28(23(17)32)20-7-5-16(29)10-21(20)30/h2-4,6,8-9,20,26H,5,7,10-12H2,1H3,(H,27,31). The molecule has 2 N–H and O–H groups in total. The highest BCUT2D eigenvalue weighted by Gasteiger charge is 2.44. The molecule has 1 saturated carbocycles. The van der Waals surface area contributed by atoms with E-state index in [4.69, 9.17) is 11.6 Å². The van der Waals surface area contributed by atoms with E-state index >= 15 is 0 Å². The molecule has 2 aromatic carbocycles. The van der Waals surface area contributed by atoms with Gasteiger partial charge in [0.2, 0.25) is 5.91 Å². The largest absolute Gasteiger partial charge is 0.376 e. The Labute approximate surface area is 195 Å². The van der Waals surface area contributed by atoms with Crippen LogP contribution in [0.4, 0.5) is 5.69 Å². The summed E-state index contributed by atoms with van der Waals surface area (Å²) in [5, 5.41) is 6.36. The van der Waals surface area contributed by atoms with Gasteiger partial charge in [0.1, 0.15) is 5.78 Å². The number of hydrogen-bond donors (Lipinski definition) is 2. The van der Waals surface area contributed by atoms with Crippen LogP contribution in [-0.4, -0.2) is 46.8 Å². The van der Waals surface area contributed by atoms with Gasteiger partial charge in [0.05, 0.1) is 30.1 Å². The molecule has 2 aliphatic rings. The van der Waals surface area contributed by atoms with E-state index in [0.717, 1.165) is 16.2 Å². The Kier molecular flexibility index (Phi) is 6.29. The Morgan fingerprint density at radius 3 is 2.55 bits per heavy atom. The zero-order valence-electron chi connectivity index (χ0n) is 17.9. The number of amides is 3. The van der Waals surface area contributed by atoms with Gasteiger partial charge in [-0.1, -0.05) is 23.7 Å². The minimum absolute atomic E-state index is 0.0397. The molecule has 1 aliphatic carbocycles. The fourth-order valence-corrected chi connectivity index (χ4v) is 4.16. The molecule has 33 heavy (non-hydrogen) atoms. The molecule has 1 heterocycles. The average molecular weight is 468 g/mol. The second-order valence-corrected chi connectivity index (χ2v) is 8.60. The maximum absolute atomic E-state index is 12.9. The summed E-state index contributed by atoms with van der Waals surface area (Å²) in [6, 6.07) is 9.27. The summed E-state index contributed by atoms with van der Waals surface area (Å²) < 4.78 is 0. The summed E-state index contributed by atoms with van der Waals surface area (Å²) >= 11 is 6.08. The van der Waals surface area contributed by atoms with Crippen LogP contribution in [0.2, 0.25) is 5.02 Å². The van der Waals surface area contributed by atoms with E-state index in [-0.39, 0.29) is 55.2 Å². The van der Waals surface area contributed by atoms with Crippen LogP contribution in [0.15, 0.2) is 36.4 Å². The Balaban J connectivity index is 1.37. The molecule has 0 saturated heterocycles. The first-order valence-electron chi connectivity index (χ1n) is 10.6. The summed E-state index contributed by atoms with van der Waals surface area (Å²) in [6.45, 7) is 2.10. The minimum atomic E-state index is -0.903. The number of aryl methyl sites for hydroxylation is 1. The number of nitrogens with one attached hydrogen (secondary N) is 2. The van der Waals surface area contributed by atoms with Crippen LogP contribution in [0.3, 0.4) is 0 Å². The fourth-order valence-electron chi connectivity index (χ4n) is 3.98. The molecule has 1 fully saturated rings. The van der Waals surface area contributed by atoms with Crippen molar-refractivity contribution >= 4 is 46.6 Å². The van der Waals surface area contributed by atoms with Gasteiger partial charge in [-0.2, -0.15) is 0 Å². The van der Waals surface area contributed by atoms with Crippen molar-refractivity contribution in [2.75, 3.05) is 11.9 Å². The van der Waals surface area contributed by atoms with Crippen LogP contribution >= 0.6 is 11.6 Å². The third-order valence-electron chi connectivity index (χ3n) is 5.85. The molecule has 9 heteroatoms. The number of ketones is 2. The van der Waals surface area contributed by atoms with Crippen molar-refractivity contribution in [1.82, 2.24) is 10.2 Å². The summed E-state index contributed by atoms with van der Waals surface area (Å²) in [7, 11) is 0. The van der Waals surface area contributed by atoms with Gasteiger partial charge in [-0.25, -0.2) is 0 Å². The highest BCUT2D eigenvalue weighted by Crippen LogP contribution is 2.29. The van der Waals surface area contributed by atoms with Crippen LogP contribution in [0, 0.1) is 6.92 Å². The topological polar surface area (TPSA) is 113 Å². The van der Waals surface area contributed by atoms with Gasteiger partial charge in [0.15, 0.2) is 5.78 Å². The quantitative estimate of drug-likeness (QED) is 0.499. The van der Waals surface area contributed by atoms with E-state index < -0.39 is 23.6 Å². The number of imide groups is 1. The maximum Gasteiger partial charge on any atom is 0.262 e. The lowest BCUT2D eigenvalue weighted by Gasteiger charge is -2.27. The number of hydrogen-bond acceptors (Lipinski definition) is 6. The van der Waals surface area contributed by atoms with Gasteiger partial charge in [-0.15, -0.1) is 0 Å². The third-order valence-corrected chi connectivity index (χ3v) is 6.26. The molecule has 0 spiro atoms. The van der Waals surface area contributed by atoms with Crippen molar-refractivity contribution in [2.45, 2.75) is 38.8 Å². The van der Waals surface area contributed by atoms with Gasteiger partial charge < -0.3 is 10.6 Å². The van der Waals surface area contributed by atoms with Crippen molar-refractivity contribution in [1.29, 1.82) is 0 Å². The monoisotopic (exact) mass is 467 g/mol. The smallest absolute Gasteiger partial charge is 0.262 e. The van der Waals surface area contributed by atoms with E-state index in [1.54, 1.807) is 18.2 Å². The van der Waals surface area contributed by atoms with E-state index in [1.807, 2.05) is 19.1 Å². The summed E-state index contributed by atoms with van der Waals surface area (Å²) in [4.78, 5) is 62.6. The highest BCUT2D eigenvalue weighted by atomic mass is 35.5. The number of carbonyl (C=O) groups excluding carboxylic acids is 5. The Morgan fingerprint density at radius 2 is 1.82 bits per heavy atom. The first kappa shape index (κ1) is 22.7. The van der Waals surface area contributed by atoms with E-state index in [9.17, 15) is 24.0 Å². The number of nitrogens with zero attached hydrogens (tertiary/aromatic N) is 1. The SMILES string of the molecule is Cc1ccc(NCC(=O)NCc2ccc3c(c2)C(=O)N(C2CCC(=O)CC2=O)C3=O)cc1Cl. The van der Waals surface area contributed by atoms with Crippen LogP contribution in [-0.2, 0) is 20.9 Å². The normalized spacial score (nSPS) is 17.9. The molecule has 8 nitrogen and oxygen atoms in total. The van der Waals surface area contributed by atoms with Gasteiger partial charge >= 0.3 is 0 Å². The Hall–Kier alpha value is -3.52. The number of halogens is 1. The predicted octanol–water partition coefficient (Wildman–Crippen LogP) is 2.66. The molecule has 4 rings (SSSR count). The first-order valence-corrected chi connectivity index (χ1v) is 10.9. The highest BCUT2D eigenvalue weighted by molar-refractivity contribution is 6.31. The average Bonchev–Trinajstić information content (AvgIpc) is 3.03. The van der Waals surface area contributed by atoms with Gasteiger partial charge in [0.25, 0.3) is 11.8 Å². The van der Waals surface area contributed by atoms with Crippen molar-refractivity contribution in [3.05, 3.63) is 63.7 Å². The number of rotatable bonds is 6. The number of anilines is 1. The van der Waals surface area contributed by atoms with Crippen LogP contribution in [0.5, 0.6) is 0 Å². The van der Waals surface area contributed by atoms with E-state index in [1.165, 1.54) is 6.07 Å². The summed E-state index contributed by atoms with van der Waals surface area (Å²) in [6.07, 6.45) is 0.0767. The summed E-state index contributed by atoms with van der Waals surface area (Å²) in [5.74, 6) is -1.91. The molecule has 2 aromatic rings. The Morgan fingerprint density at radius 1 is 1.06 bits per heavy atom. The number of Topliss-reactive ketones (excluding diaryl/α,β-unsaturated/α-hetero) is 2. The number of fused-ring (bicyclic) bond motifs is 1. The lowest BCUT2D eigenvalue weighted by atomic mass is 9.92. The second kappa shape index (κ2) is 9.15. The zero-order valence-corrected chi connectivity index (χ0v) is 18.7. The van der Waals surface area contributed by atoms with Gasteiger partial charge in [-0.3, -0.25) is 28.9 Å². The fraction of sp³-hybridized carbons (Fsp3) is 0.292. The number of carbonyl (C=O) groups is 5. The first-order chi connectivity index (χ1) is 15.7. The van der Waals surface area contributed by atoms with Crippen LogP contribution in [0.1, 0.15) is 51.1 Å². The van der Waals surface area contributed by atoms with Crippen molar-refractivity contribution in [3.63, 3.8) is 0 Å². The second-order valence-electron chi connectivity index (χ2n) is 8.19. The van der Waals surface area contributed by atoms with Crippen molar-refractivity contribution in [2.24, 2.45) is 0 Å². The molecule has 170 valence electrons. The molecule has 1 atom stereocenters. The van der Waals surface area contributed by atoms with Crippen molar-refractivity contribution in [3.8, 4) is 0 Å².